The van der Waals surface area contributed by atoms with Crippen molar-refractivity contribution in [3.63, 3.8) is 0 Å². The topological polar surface area (TPSA) is 102 Å². The third-order valence-corrected chi connectivity index (χ3v) is 6.39. The Hall–Kier alpha value is -4.66. The Bertz CT molecular complexity index is 1380. The number of carbonyl (C=O) groups excluding carboxylic acids is 4. The highest BCUT2D eigenvalue weighted by Crippen LogP contribution is 2.34. The number of fused-ring (bicyclic) bond motifs is 1. The average molecular weight is 501 g/mol. The third-order valence-electron chi connectivity index (χ3n) is 6.39. The number of nitrogens with zero attached hydrogens (tertiary/aromatic N) is 2. The van der Waals surface area contributed by atoms with E-state index >= 15 is 0 Å². The molecule has 0 saturated carbocycles. The van der Waals surface area contributed by atoms with Crippen LogP contribution in [0.2, 0.25) is 0 Å². The number of carbonyl (C=O) groups is 4. The van der Waals surface area contributed by atoms with Crippen molar-refractivity contribution in [2.45, 2.75) is 25.9 Å². The highest BCUT2D eigenvalue weighted by molar-refractivity contribution is 6.23. The molecule has 9 heteroatoms. The first-order valence-electron chi connectivity index (χ1n) is 11.7. The number of rotatable bonds is 6. The molecule has 1 fully saturated rings. The summed E-state index contributed by atoms with van der Waals surface area (Å²) in [4.78, 5) is 54.5. The highest BCUT2D eigenvalue weighted by atomic mass is 16.7. The average Bonchev–Trinajstić information content (AvgIpc) is 3.50. The molecule has 3 amide bonds. The molecule has 0 aliphatic carbocycles. The van der Waals surface area contributed by atoms with Gasteiger partial charge in [0.25, 0.3) is 11.8 Å². The number of benzene rings is 3. The summed E-state index contributed by atoms with van der Waals surface area (Å²) in [7, 11) is 1.27. The van der Waals surface area contributed by atoms with Gasteiger partial charge < -0.3 is 19.1 Å². The van der Waals surface area contributed by atoms with E-state index in [0.717, 1.165) is 16.0 Å². The molecule has 1 saturated heterocycles. The summed E-state index contributed by atoms with van der Waals surface area (Å²) in [6.45, 7) is 2.12. The lowest BCUT2D eigenvalue weighted by atomic mass is 10.1. The number of amides is 3. The van der Waals surface area contributed by atoms with E-state index in [-0.39, 0.29) is 25.7 Å². The predicted molar refractivity (Wildman–Crippen MR) is 132 cm³/mol. The summed E-state index contributed by atoms with van der Waals surface area (Å²) in [5, 5.41) is 0. The van der Waals surface area contributed by atoms with Crippen LogP contribution in [0, 0.1) is 6.92 Å². The fraction of sp³-hybridized carbons (Fsp3) is 0.214. The van der Waals surface area contributed by atoms with Gasteiger partial charge in [-0.1, -0.05) is 23.8 Å². The van der Waals surface area contributed by atoms with Crippen LogP contribution < -0.4 is 14.4 Å². The molecule has 1 atom stereocenters. The lowest BCUT2D eigenvalue weighted by molar-refractivity contribution is -0.122. The quantitative estimate of drug-likeness (QED) is 0.377. The van der Waals surface area contributed by atoms with Crippen molar-refractivity contribution in [3.05, 3.63) is 89.0 Å². The Morgan fingerprint density at radius 2 is 1.62 bits per heavy atom. The molecule has 5 rings (SSSR count). The number of anilines is 1. The van der Waals surface area contributed by atoms with E-state index in [0.29, 0.717) is 28.3 Å². The molecule has 1 unspecified atom stereocenters. The molecule has 37 heavy (non-hydrogen) atoms. The predicted octanol–water partition coefficient (Wildman–Crippen LogP) is 3.48. The van der Waals surface area contributed by atoms with Gasteiger partial charge in [-0.25, -0.2) is 9.69 Å². The first-order chi connectivity index (χ1) is 17.9. The molecule has 9 nitrogen and oxygen atoms in total. The molecule has 0 bridgehead atoms. The van der Waals surface area contributed by atoms with Gasteiger partial charge in [0.1, 0.15) is 6.04 Å². The maximum atomic E-state index is 13.7. The van der Waals surface area contributed by atoms with Crippen molar-refractivity contribution in [2.24, 2.45) is 0 Å². The van der Waals surface area contributed by atoms with E-state index in [1.807, 2.05) is 19.1 Å². The van der Waals surface area contributed by atoms with Crippen molar-refractivity contribution < 1.29 is 33.4 Å². The minimum atomic E-state index is -1.01. The molecule has 3 aromatic carbocycles. The zero-order valence-electron chi connectivity index (χ0n) is 20.3. The van der Waals surface area contributed by atoms with E-state index < -0.39 is 23.8 Å². The van der Waals surface area contributed by atoms with Gasteiger partial charge in [0.2, 0.25) is 12.7 Å². The Morgan fingerprint density at radius 3 is 2.32 bits per heavy atom. The lowest BCUT2D eigenvalue weighted by Crippen LogP contribution is -2.45. The minimum Gasteiger partial charge on any atom is -0.465 e. The molecule has 0 aromatic heterocycles. The summed E-state index contributed by atoms with van der Waals surface area (Å²) >= 11 is 0. The second-order valence-electron chi connectivity index (χ2n) is 8.81. The van der Waals surface area contributed by atoms with Gasteiger partial charge >= 0.3 is 5.97 Å². The van der Waals surface area contributed by atoms with Crippen LogP contribution in [0.15, 0.2) is 66.7 Å². The maximum Gasteiger partial charge on any atom is 0.337 e. The van der Waals surface area contributed by atoms with Gasteiger partial charge in [0, 0.05) is 12.1 Å². The molecule has 188 valence electrons. The Kier molecular flexibility index (Phi) is 6.35. The minimum absolute atomic E-state index is 0.0855. The van der Waals surface area contributed by atoms with Crippen LogP contribution in [0.3, 0.4) is 0 Å². The number of esters is 1. The molecule has 2 aliphatic heterocycles. The molecule has 3 aromatic rings. The van der Waals surface area contributed by atoms with Crippen LogP contribution in [0.1, 0.15) is 38.3 Å². The normalized spacial score (nSPS) is 16.2. The largest absolute Gasteiger partial charge is 0.465 e. The number of aryl methyl sites for hydroxylation is 1. The molecule has 2 aliphatic rings. The standard InChI is InChI=1S/C28H24N2O7/c1-17-3-6-19(7-4-17)26(32)29(15-18-5-12-23-24(13-18)37-16-36-23)22-14-25(31)30(27(22)33)21-10-8-20(9-11-21)28(34)35-2/h3-13,22H,14-16H2,1-2H3. The van der Waals surface area contributed by atoms with Crippen molar-refractivity contribution in [2.75, 3.05) is 18.8 Å². The van der Waals surface area contributed by atoms with E-state index in [9.17, 15) is 19.2 Å². The van der Waals surface area contributed by atoms with Gasteiger partial charge in [0.05, 0.1) is 24.8 Å². The van der Waals surface area contributed by atoms with Crippen LogP contribution in [-0.2, 0) is 20.9 Å². The molecule has 0 spiro atoms. The zero-order chi connectivity index (χ0) is 26.1. The summed E-state index contributed by atoms with van der Waals surface area (Å²) in [5.41, 5.74) is 2.74. The Labute approximate surface area is 213 Å². The molecular formula is C28H24N2O7. The second kappa shape index (κ2) is 9.77. The lowest BCUT2D eigenvalue weighted by Gasteiger charge is -2.28. The van der Waals surface area contributed by atoms with Crippen LogP contribution in [0.4, 0.5) is 5.69 Å². The molecule has 2 heterocycles. The summed E-state index contributed by atoms with van der Waals surface area (Å²) in [6.07, 6.45) is -0.167. The summed E-state index contributed by atoms with van der Waals surface area (Å²) < 4.78 is 15.5. The van der Waals surface area contributed by atoms with Crippen LogP contribution >= 0.6 is 0 Å². The monoisotopic (exact) mass is 500 g/mol. The van der Waals surface area contributed by atoms with Crippen LogP contribution in [0.5, 0.6) is 11.5 Å². The van der Waals surface area contributed by atoms with Crippen molar-refractivity contribution in [3.8, 4) is 11.5 Å². The molecular weight excluding hydrogens is 476 g/mol. The van der Waals surface area contributed by atoms with Gasteiger partial charge in [-0.3, -0.25) is 14.4 Å². The Morgan fingerprint density at radius 1 is 0.946 bits per heavy atom. The summed E-state index contributed by atoms with van der Waals surface area (Å²) in [6, 6.07) is 17.3. The van der Waals surface area contributed by atoms with E-state index in [1.54, 1.807) is 30.3 Å². The molecule has 0 N–H and O–H groups in total. The van der Waals surface area contributed by atoms with E-state index in [2.05, 4.69) is 0 Å². The number of hydrogen-bond donors (Lipinski definition) is 0. The van der Waals surface area contributed by atoms with Gasteiger partial charge in [0.15, 0.2) is 11.5 Å². The van der Waals surface area contributed by atoms with Gasteiger partial charge in [-0.2, -0.15) is 0 Å². The summed E-state index contributed by atoms with van der Waals surface area (Å²) in [5.74, 6) is -0.686. The first kappa shape index (κ1) is 24.1. The number of imide groups is 1. The molecule has 0 radical (unpaired) electrons. The van der Waals surface area contributed by atoms with Crippen molar-refractivity contribution in [1.82, 2.24) is 4.90 Å². The SMILES string of the molecule is COC(=O)c1ccc(N2C(=O)CC(N(Cc3ccc4c(c3)OCO4)C(=O)c3ccc(C)cc3)C2=O)cc1. The van der Waals surface area contributed by atoms with Gasteiger partial charge in [-0.15, -0.1) is 0 Å². The number of hydrogen-bond acceptors (Lipinski definition) is 7. The number of ether oxygens (including phenoxy) is 3. The van der Waals surface area contributed by atoms with Crippen molar-refractivity contribution in [1.29, 1.82) is 0 Å². The fourth-order valence-electron chi connectivity index (χ4n) is 4.42. The van der Waals surface area contributed by atoms with Crippen LogP contribution in [-0.4, -0.2) is 48.5 Å². The van der Waals surface area contributed by atoms with Gasteiger partial charge in [-0.05, 0) is 61.0 Å². The zero-order valence-corrected chi connectivity index (χ0v) is 20.3. The maximum absolute atomic E-state index is 13.7. The second-order valence-corrected chi connectivity index (χ2v) is 8.81. The highest BCUT2D eigenvalue weighted by Gasteiger charge is 2.44. The fourth-order valence-corrected chi connectivity index (χ4v) is 4.42. The Balaban J connectivity index is 1.46. The van der Waals surface area contributed by atoms with Crippen LogP contribution in [0.25, 0.3) is 0 Å². The smallest absolute Gasteiger partial charge is 0.337 e. The van der Waals surface area contributed by atoms with Crippen molar-refractivity contribution >= 4 is 29.4 Å². The first-order valence-corrected chi connectivity index (χ1v) is 11.7. The number of methoxy groups -OCH3 is 1. The van der Waals surface area contributed by atoms with E-state index in [4.69, 9.17) is 14.2 Å². The van der Waals surface area contributed by atoms with E-state index in [1.165, 1.54) is 36.3 Å². The third kappa shape index (κ3) is 4.63.